The van der Waals surface area contributed by atoms with Gasteiger partial charge in [-0.05, 0) is 24.3 Å². The molecule has 0 aliphatic rings. The molecule has 0 fully saturated rings. The van der Waals surface area contributed by atoms with E-state index in [1.54, 1.807) is 19.2 Å². The van der Waals surface area contributed by atoms with Gasteiger partial charge in [-0.3, -0.25) is 9.20 Å². The summed E-state index contributed by atoms with van der Waals surface area (Å²) in [6.07, 6.45) is 0. The van der Waals surface area contributed by atoms with E-state index in [-0.39, 0.29) is 11.5 Å². The zero-order valence-electron chi connectivity index (χ0n) is 12.9. The smallest absolute Gasteiger partial charge is 0.231 e. The molecule has 0 radical (unpaired) electrons. The number of ether oxygens (including phenoxy) is 1. The molecule has 0 unspecified atom stereocenters. The van der Waals surface area contributed by atoms with E-state index in [4.69, 9.17) is 4.74 Å². The minimum absolute atomic E-state index is 0.00183. The average molecular weight is 338 g/mol. The van der Waals surface area contributed by atoms with Gasteiger partial charge in [0, 0.05) is 0 Å². The van der Waals surface area contributed by atoms with Crippen molar-refractivity contribution in [3.63, 3.8) is 0 Å². The van der Waals surface area contributed by atoms with Gasteiger partial charge in [-0.25, -0.2) is 10.1 Å². The number of para-hydroxylation sites is 3. The molecule has 6 nitrogen and oxygen atoms in total. The minimum Gasteiger partial charge on any atom is -0.496 e. The number of imidazole rings is 1. The monoisotopic (exact) mass is 338 g/mol. The molecule has 7 heteroatoms. The number of rotatable bonds is 5. The maximum atomic E-state index is 12.5. The van der Waals surface area contributed by atoms with Crippen LogP contribution < -0.4 is 4.74 Å². The highest BCUT2D eigenvalue weighted by molar-refractivity contribution is 7.99. The van der Waals surface area contributed by atoms with Crippen LogP contribution in [0.15, 0.2) is 53.7 Å². The molecule has 4 aromatic rings. The van der Waals surface area contributed by atoms with Crippen LogP contribution in [0, 0.1) is 0 Å². The summed E-state index contributed by atoms with van der Waals surface area (Å²) >= 11 is 1.37. The van der Waals surface area contributed by atoms with Crippen molar-refractivity contribution in [2.45, 2.75) is 5.16 Å². The van der Waals surface area contributed by atoms with Crippen molar-refractivity contribution in [2.75, 3.05) is 12.9 Å². The Hall–Kier alpha value is -2.80. The van der Waals surface area contributed by atoms with Gasteiger partial charge >= 0.3 is 0 Å². The third-order valence-corrected chi connectivity index (χ3v) is 4.68. The molecule has 24 heavy (non-hydrogen) atoms. The van der Waals surface area contributed by atoms with Crippen molar-refractivity contribution >= 4 is 34.4 Å². The highest BCUT2D eigenvalue weighted by Crippen LogP contribution is 2.25. The molecule has 0 aliphatic carbocycles. The Morgan fingerprint density at radius 3 is 2.88 bits per heavy atom. The van der Waals surface area contributed by atoms with Gasteiger partial charge in [-0.15, -0.1) is 5.10 Å². The molecule has 2 heterocycles. The van der Waals surface area contributed by atoms with E-state index in [2.05, 4.69) is 15.2 Å². The molecule has 120 valence electrons. The summed E-state index contributed by atoms with van der Waals surface area (Å²) in [6, 6.07) is 15.1. The van der Waals surface area contributed by atoms with Gasteiger partial charge < -0.3 is 4.74 Å². The number of nitrogens with one attached hydrogen (secondary N) is 1. The second kappa shape index (κ2) is 6.01. The summed E-state index contributed by atoms with van der Waals surface area (Å²) < 4.78 is 7.18. The van der Waals surface area contributed by atoms with Crippen molar-refractivity contribution in [2.24, 2.45) is 0 Å². The highest BCUT2D eigenvalue weighted by atomic mass is 32.2. The number of benzene rings is 2. The Balaban J connectivity index is 1.62. The third-order valence-electron chi connectivity index (χ3n) is 3.74. The number of carbonyl (C=O) groups is 1. The van der Waals surface area contributed by atoms with Gasteiger partial charge in [0.25, 0.3) is 0 Å². The fourth-order valence-electron chi connectivity index (χ4n) is 2.62. The largest absolute Gasteiger partial charge is 0.496 e. The summed E-state index contributed by atoms with van der Waals surface area (Å²) in [5.41, 5.74) is 2.44. The van der Waals surface area contributed by atoms with E-state index in [1.165, 1.54) is 11.8 Å². The molecule has 0 saturated heterocycles. The topological polar surface area (TPSA) is 72.3 Å². The van der Waals surface area contributed by atoms with E-state index >= 15 is 0 Å². The van der Waals surface area contributed by atoms with Crippen LogP contribution >= 0.6 is 11.8 Å². The minimum atomic E-state index is -0.00183. The average Bonchev–Trinajstić information content (AvgIpc) is 3.18. The van der Waals surface area contributed by atoms with E-state index in [0.29, 0.717) is 22.2 Å². The number of carbonyl (C=O) groups excluding carboxylic acids is 1. The first-order chi connectivity index (χ1) is 11.8. The van der Waals surface area contributed by atoms with Crippen LogP contribution in [-0.2, 0) is 0 Å². The molecule has 0 spiro atoms. The number of fused-ring (bicyclic) bond motifs is 3. The predicted octanol–water partition coefficient (Wildman–Crippen LogP) is 3.19. The lowest BCUT2D eigenvalue weighted by molar-refractivity contribution is 0.101. The molecule has 0 saturated carbocycles. The standard InChI is InChI=1S/C17H14N4O2S/c1-23-15-9-5-2-6-11(15)14(22)10-24-17-20-19-16-18-12-7-3-4-8-13(12)21(16)17/h2-9H,10H2,1H3,(H,18,19). The quantitative estimate of drug-likeness (QED) is 0.447. The molecular weight excluding hydrogens is 324 g/mol. The summed E-state index contributed by atoms with van der Waals surface area (Å²) in [5, 5.41) is 7.89. The van der Waals surface area contributed by atoms with Crippen molar-refractivity contribution < 1.29 is 9.53 Å². The SMILES string of the molecule is COc1ccccc1C(=O)CSc1n[nH]c2nc3ccccc3n12. The molecule has 4 rings (SSSR count). The van der Waals surface area contributed by atoms with Gasteiger partial charge in [0.1, 0.15) is 5.75 Å². The summed E-state index contributed by atoms with van der Waals surface area (Å²) in [6.45, 7) is 0. The first kappa shape index (κ1) is 14.8. The van der Waals surface area contributed by atoms with Crippen molar-refractivity contribution in [1.82, 2.24) is 19.6 Å². The number of H-pyrrole nitrogens is 1. The maximum Gasteiger partial charge on any atom is 0.231 e. The van der Waals surface area contributed by atoms with E-state index in [1.807, 2.05) is 40.8 Å². The molecule has 1 N–H and O–H groups in total. The van der Waals surface area contributed by atoms with E-state index in [9.17, 15) is 4.79 Å². The van der Waals surface area contributed by atoms with Crippen LogP contribution in [0.25, 0.3) is 16.8 Å². The lowest BCUT2D eigenvalue weighted by Gasteiger charge is -2.06. The third kappa shape index (κ3) is 2.43. The lowest BCUT2D eigenvalue weighted by atomic mass is 10.1. The summed E-state index contributed by atoms with van der Waals surface area (Å²) in [4.78, 5) is 17.0. The number of hydrogen-bond donors (Lipinski definition) is 1. The maximum absolute atomic E-state index is 12.5. The second-order valence-electron chi connectivity index (χ2n) is 5.18. The van der Waals surface area contributed by atoms with Crippen LogP contribution in [0.1, 0.15) is 10.4 Å². The fraction of sp³-hybridized carbons (Fsp3) is 0.118. The van der Waals surface area contributed by atoms with Gasteiger partial charge in [0.05, 0.1) is 29.5 Å². The number of aromatic nitrogens is 4. The summed E-state index contributed by atoms with van der Waals surface area (Å²) in [5.74, 6) is 1.53. The lowest BCUT2D eigenvalue weighted by Crippen LogP contribution is -2.05. The predicted molar refractivity (Wildman–Crippen MR) is 92.9 cm³/mol. The number of ketones is 1. The molecule has 0 amide bonds. The first-order valence-corrected chi connectivity index (χ1v) is 8.37. The number of Topliss-reactive ketones (excluding diaryl/α,β-unsaturated/α-hetero) is 1. The Morgan fingerprint density at radius 2 is 2.00 bits per heavy atom. The zero-order chi connectivity index (χ0) is 16.5. The van der Waals surface area contributed by atoms with Crippen molar-refractivity contribution in [3.05, 3.63) is 54.1 Å². The number of hydrogen-bond acceptors (Lipinski definition) is 5. The van der Waals surface area contributed by atoms with Gasteiger partial charge in [-0.2, -0.15) is 0 Å². The number of thioether (sulfide) groups is 1. The second-order valence-corrected chi connectivity index (χ2v) is 6.12. The number of aromatic amines is 1. The normalized spacial score (nSPS) is 11.2. The van der Waals surface area contributed by atoms with Crippen LogP contribution in [0.3, 0.4) is 0 Å². The molecule has 0 bridgehead atoms. The summed E-state index contributed by atoms with van der Waals surface area (Å²) in [7, 11) is 1.56. The van der Waals surface area contributed by atoms with Gasteiger partial charge in [0.2, 0.25) is 5.78 Å². The van der Waals surface area contributed by atoms with Gasteiger partial charge in [0.15, 0.2) is 10.9 Å². The molecular formula is C17H14N4O2S. The zero-order valence-corrected chi connectivity index (χ0v) is 13.7. The van der Waals surface area contributed by atoms with Crippen LogP contribution in [0.2, 0.25) is 0 Å². The van der Waals surface area contributed by atoms with Crippen LogP contribution in [0.4, 0.5) is 0 Å². The van der Waals surface area contributed by atoms with E-state index in [0.717, 1.165) is 11.0 Å². The highest BCUT2D eigenvalue weighted by Gasteiger charge is 2.16. The fourth-order valence-corrected chi connectivity index (χ4v) is 3.46. The number of methoxy groups -OCH3 is 1. The van der Waals surface area contributed by atoms with E-state index < -0.39 is 0 Å². The van der Waals surface area contributed by atoms with Crippen molar-refractivity contribution in [1.29, 1.82) is 0 Å². The molecule has 0 atom stereocenters. The molecule has 2 aromatic carbocycles. The Labute approximate surface area is 141 Å². The first-order valence-electron chi connectivity index (χ1n) is 7.38. The van der Waals surface area contributed by atoms with Crippen LogP contribution in [0.5, 0.6) is 5.75 Å². The molecule has 2 aromatic heterocycles. The number of nitrogens with zero attached hydrogens (tertiary/aromatic N) is 3. The van der Waals surface area contributed by atoms with Crippen molar-refractivity contribution in [3.8, 4) is 5.75 Å². The Morgan fingerprint density at radius 1 is 1.21 bits per heavy atom. The molecule has 0 aliphatic heterocycles. The van der Waals surface area contributed by atoms with Crippen LogP contribution in [-0.4, -0.2) is 38.2 Å². The van der Waals surface area contributed by atoms with Gasteiger partial charge in [-0.1, -0.05) is 36.0 Å². The Bertz CT molecular complexity index is 1040. The Kier molecular flexibility index (Phi) is 3.70.